The lowest BCUT2D eigenvalue weighted by atomic mass is 10.1. The number of phenolic OH excluding ortho intramolecular Hbond substituents is 1. The van der Waals surface area contributed by atoms with E-state index in [1.807, 2.05) is 13.0 Å². The largest absolute Gasteiger partial charge is 0.504 e. The van der Waals surface area contributed by atoms with Crippen molar-refractivity contribution in [1.82, 2.24) is 10.2 Å². The van der Waals surface area contributed by atoms with Gasteiger partial charge >= 0.3 is 0 Å². The molecule has 0 radical (unpaired) electrons. The zero-order valence-electron chi connectivity index (χ0n) is 11.6. The summed E-state index contributed by atoms with van der Waals surface area (Å²) in [5.74, 6) is 1.15. The van der Waals surface area contributed by atoms with Crippen molar-refractivity contribution in [3.8, 4) is 17.2 Å². The number of benzene rings is 1. The first kappa shape index (κ1) is 14.0. The summed E-state index contributed by atoms with van der Waals surface area (Å²) in [5.41, 5.74) is 1.05. The maximum absolute atomic E-state index is 9.99. The van der Waals surface area contributed by atoms with Crippen molar-refractivity contribution in [2.24, 2.45) is 0 Å². The van der Waals surface area contributed by atoms with Crippen LogP contribution >= 0.6 is 0 Å². The van der Waals surface area contributed by atoms with E-state index in [4.69, 9.17) is 9.47 Å². The van der Waals surface area contributed by atoms with Crippen LogP contribution in [0.15, 0.2) is 12.1 Å². The van der Waals surface area contributed by atoms with Crippen molar-refractivity contribution in [1.29, 1.82) is 0 Å². The van der Waals surface area contributed by atoms with Gasteiger partial charge in [-0.05, 0) is 24.6 Å². The van der Waals surface area contributed by atoms with Crippen molar-refractivity contribution >= 4 is 0 Å². The molecule has 0 amide bonds. The third-order valence-electron chi connectivity index (χ3n) is 3.21. The molecule has 0 bridgehead atoms. The standard InChI is InChI=1S/C14H22N2O3/c1-3-19-13-9-11(8-12(17)14(13)18-2)10-16-6-4-15-5-7-16/h8-9,15,17H,3-7,10H2,1-2H3. The van der Waals surface area contributed by atoms with E-state index in [0.29, 0.717) is 18.1 Å². The SMILES string of the molecule is CCOc1cc(CN2CCNCC2)cc(O)c1OC. The van der Waals surface area contributed by atoms with Gasteiger partial charge < -0.3 is 19.9 Å². The van der Waals surface area contributed by atoms with Gasteiger partial charge in [0.1, 0.15) is 0 Å². The lowest BCUT2D eigenvalue weighted by molar-refractivity contribution is 0.232. The Balaban J connectivity index is 2.15. The Hall–Kier alpha value is -1.46. The normalized spacial score (nSPS) is 16.3. The monoisotopic (exact) mass is 266 g/mol. The van der Waals surface area contributed by atoms with E-state index < -0.39 is 0 Å². The van der Waals surface area contributed by atoms with E-state index >= 15 is 0 Å². The second kappa shape index (κ2) is 6.63. The lowest BCUT2D eigenvalue weighted by Crippen LogP contribution is -2.42. The Bertz CT molecular complexity index is 417. The van der Waals surface area contributed by atoms with Gasteiger partial charge in [0.05, 0.1) is 13.7 Å². The van der Waals surface area contributed by atoms with E-state index in [0.717, 1.165) is 38.3 Å². The molecule has 19 heavy (non-hydrogen) atoms. The molecule has 0 unspecified atom stereocenters. The molecule has 1 aromatic rings. The Morgan fingerprint density at radius 1 is 1.32 bits per heavy atom. The smallest absolute Gasteiger partial charge is 0.203 e. The molecule has 1 fully saturated rings. The van der Waals surface area contributed by atoms with Crippen LogP contribution in [0.1, 0.15) is 12.5 Å². The van der Waals surface area contributed by atoms with Crippen LogP contribution in [-0.2, 0) is 6.54 Å². The van der Waals surface area contributed by atoms with Crippen molar-refractivity contribution < 1.29 is 14.6 Å². The quantitative estimate of drug-likeness (QED) is 0.839. The number of piperazine rings is 1. The fraction of sp³-hybridized carbons (Fsp3) is 0.571. The zero-order valence-corrected chi connectivity index (χ0v) is 11.6. The van der Waals surface area contributed by atoms with Gasteiger partial charge in [-0.25, -0.2) is 0 Å². The Morgan fingerprint density at radius 2 is 2.05 bits per heavy atom. The Morgan fingerprint density at radius 3 is 2.68 bits per heavy atom. The summed E-state index contributed by atoms with van der Waals surface area (Å²) in [6, 6.07) is 3.70. The molecule has 1 heterocycles. The van der Waals surface area contributed by atoms with Gasteiger partial charge in [0, 0.05) is 32.7 Å². The fourth-order valence-corrected chi connectivity index (χ4v) is 2.33. The first-order valence-electron chi connectivity index (χ1n) is 6.70. The molecule has 5 nitrogen and oxygen atoms in total. The maximum Gasteiger partial charge on any atom is 0.203 e. The topological polar surface area (TPSA) is 54.0 Å². The number of nitrogens with zero attached hydrogens (tertiary/aromatic N) is 1. The minimum Gasteiger partial charge on any atom is -0.504 e. The molecule has 0 aromatic heterocycles. The highest BCUT2D eigenvalue weighted by molar-refractivity contribution is 5.53. The summed E-state index contributed by atoms with van der Waals surface area (Å²) in [7, 11) is 1.54. The van der Waals surface area contributed by atoms with E-state index in [9.17, 15) is 5.11 Å². The molecule has 1 aliphatic heterocycles. The summed E-state index contributed by atoms with van der Waals surface area (Å²) < 4.78 is 10.7. The Labute approximate surface area is 114 Å². The third kappa shape index (κ3) is 3.52. The van der Waals surface area contributed by atoms with Crippen LogP contribution in [0.4, 0.5) is 0 Å². The first-order chi connectivity index (χ1) is 9.24. The van der Waals surface area contributed by atoms with Crippen LogP contribution < -0.4 is 14.8 Å². The number of aromatic hydroxyl groups is 1. The summed E-state index contributed by atoms with van der Waals surface area (Å²) in [6.07, 6.45) is 0. The molecule has 1 aromatic carbocycles. The van der Waals surface area contributed by atoms with Crippen LogP contribution in [-0.4, -0.2) is 49.9 Å². The maximum atomic E-state index is 9.99. The van der Waals surface area contributed by atoms with Gasteiger partial charge in [0.2, 0.25) is 5.75 Å². The summed E-state index contributed by atoms with van der Waals surface area (Å²) in [6.45, 7) is 7.36. The molecule has 0 aliphatic carbocycles. The van der Waals surface area contributed by atoms with Gasteiger partial charge in [0.25, 0.3) is 0 Å². The van der Waals surface area contributed by atoms with Crippen molar-refractivity contribution in [3.05, 3.63) is 17.7 Å². The predicted molar refractivity (Wildman–Crippen MR) is 74.0 cm³/mol. The average Bonchev–Trinajstić information content (AvgIpc) is 2.40. The van der Waals surface area contributed by atoms with Crippen molar-refractivity contribution in [3.63, 3.8) is 0 Å². The molecular weight excluding hydrogens is 244 g/mol. The number of hydrogen-bond acceptors (Lipinski definition) is 5. The lowest BCUT2D eigenvalue weighted by Gasteiger charge is -2.27. The summed E-state index contributed by atoms with van der Waals surface area (Å²) in [4.78, 5) is 2.35. The van der Waals surface area contributed by atoms with Gasteiger partial charge in [-0.3, -0.25) is 4.90 Å². The molecular formula is C14H22N2O3. The van der Waals surface area contributed by atoms with Crippen LogP contribution in [0.2, 0.25) is 0 Å². The Kier molecular flexibility index (Phi) is 4.87. The molecule has 0 saturated carbocycles. The second-order valence-electron chi connectivity index (χ2n) is 4.61. The van der Waals surface area contributed by atoms with Crippen LogP contribution in [0.3, 0.4) is 0 Å². The molecule has 5 heteroatoms. The molecule has 106 valence electrons. The van der Waals surface area contributed by atoms with E-state index in [1.165, 1.54) is 7.11 Å². The fourth-order valence-electron chi connectivity index (χ4n) is 2.33. The van der Waals surface area contributed by atoms with Crippen LogP contribution in [0.25, 0.3) is 0 Å². The third-order valence-corrected chi connectivity index (χ3v) is 3.21. The van der Waals surface area contributed by atoms with E-state index in [-0.39, 0.29) is 5.75 Å². The minimum atomic E-state index is 0.138. The van der Waals surface area contributed by atoms with Crippen LogP contribution in [0.5, 0.6) is 17.2 Å². The highest BCUT2D eigenvalue weighted by atomic mass is 16.5. The number of nitrogens with one attached hydrogen (secondary N) is 1. The van der Waals surface area contributed by atoms with E-state index in [1.54, 1.807) is 6.07 Å². The molecule has 2 rings (SSSR count). The minimum absolute atomic E-state index is 0.138. The average molecular weight is 266 g/mol. The number of rotatable bonds is 5. The number of ether oxygens (including phenoxy) is 2. The van der Waals surface area contributed by atoms with Gasteiger partial charge in [-0.2, -0.15) is 0 Å². The highest BCUT2D eigenvalue weighted by Crippen LogP contribution is 2.37. The zero-order chi connectivity index (χ0) is 13.7. The molecule has 0 atom stereocenters. The number of phenols is 1. The molecule has 2 N–H and O–H groups in total. The number of hydrogen-bond donors (Lipinski definition) is 2. The van der Waals surface area contributed by atoms with Crippen LogP contribution in [0, 0.1) is 0 Å². The molecule has 1 saturated heterocycles. The van der Waals surface area contributed by atoms with Crippen molar-refractivity contribution in [2.45, 2.75) is 13.5 Å². The van der Waals surface area contributed by atoms with E-state index in [2.05, 4.69) is 10.2 Å². The molecule has 0 spiro atoms. The first-order valence-corrected chi connectivity index (χ1v) is 6.70. The summed E-state index contributed by atoms with van der Waals surface area (Å²) in [5, 5.41) is 13.3. The van der Waals surface area contributed by atoms with Crippen molar-refractivity contribution in [2.75, 3.05) is 39.9 Å². The summed E-state index contributed by atoms with van der Waals surface area (Å²) >= 11 is 0. The number of methoxy groups -OCH3 is 1. The van der Waals surface area contributed by atoms with Gasteiger partial charge in [-0.1, -0.05) is 0 Å². The van der Waals surface area contributed by atoms with Gasteiger partial charge in [-0.15, -0.1) is 0 Å². The highest BCUT2D eigenvalue weighted by Gasteiger charge is 2.15. The predicted octanol–water partition coefficient (Wildman–Crippen LogP) is 1.20. The molecule has 1 aliphatic rings. The van der Waals surface area contributed by atoms with Gasteiger partial charge in [0.15, 0.2) is 11.5 Å². The second-order valence-corrected chi connectivity index (χ2v) is 4.61.